The van der Waals surface area contributed by atoms with Crippen molar-refractivity contribution in [3.05, 3.63) is 65.3 Å². The van der Waals surface area contributed by atoms with Crippen molar-refractivity contribution in [1.82, 2.24) is 9.88 Å². The Kier molecular flexibility index (Phi) is 5.44. The number of carbonyl (C=O) groups excluding carboxylic acids is 1. The van der Waals surface area contributed by atoms with Gasteiger partial charge in [-0.25, -0.2) is 9.37 Å². The molecule has 0 saturated carbocycles. The number of likely N-dealkylation sites (N-methyl/N-ethyl adjacent to an activating group) is 1. The average molecular weight is 449 g/mol. The molecule has 4 heterocycles. The maximum absolute atomic E-state index is 13.8. The Morgan fingerprint density at radius 1 is 1.30 bits per heavy atom. The Balaban J connectivity index is 1.39. The lowest BCUT2D eigenvalue weighted by Crippen LogP contribution is -2.34. The molecule has 1 aromatic heterocycles. The molecule has 5 rings (SSSR count). The van der Waals surface area contributed by atoms with Gasteiger partial charge >= 0.3 is 0 Å². The van der Waals surface area contributed by atoms with Crippen LogP contribution >= 0.6 is 0 Å². The van der Waals surface area contributed by atoms with Crippen molar-refractivity contribution in [2.45, 2.75) is 45.3 Å². The van der Waals surface area contributed by atoms with Crippen LogP contribution in [-0.4, -0.2) is 47.1 Å². The number of likely N-dealkylation sites (tertiary alicyclic amines) is 1. The van der Waals surface area contributed by atoms with E-state index >= 15 is 0 Å². The largest absolute Gasteiger partial charge is 0.482 e. The summed E-state index contributed by atoms with van der Waals surface area (Å²) in [6, 6.07) is 8.83. The number of benzene rings is 1. The van der Waals surface area contributed by atoms with Crippen molar-refractivity contribution in [2.75, 3.05) is 30.3 Å². The van der Waals surface area contributed by atoms with Gasteiger partial charge in [-0.05, 0) is 76.2 Å². The molecule has 33 heavy (non-hydrogen) atoms. The minimum atomic E-state index is -0.652. The van der Waals surface area contributed by atoms with E-state index in [0.29, 0.717) is 28.6 Å². The van der Waals surface area contributed by atoms with Crippen LogP contribution < -0.4 is 10.6 Å². The van der Waals surface area contributed by atoms with Crippen LogP contribution in [0.2, 0.25) is 0 Å². The highest BCUT2D eigenvalue weighted by Crippen LogP contribution is 2.44. The van der Waals surface area contributed by atoms with Crippen LogP contribution in [0.5, 0.6) is 0 Å². The number of ether oxygens (including phenoxy) is 1. The third-order valence-electron chi connectivity index (χ3n) is 6.76. The summed E-state index contributed by atoms with van der Waals surface area (Å²) in [4.78, 5) is 19.7. The molecule has 2 N–H and O–H groups in total. The lowest BCUT2D eigenvalue weighted by Gasteiger charge is -2.24. The second kappa shape index (κ2) is 8.30. The first-order chi connectivity index (χ1) is 15.9. The van der Waals surface area contributed by atoms with Gasteiger partial charge in [-0.1, -0.05) is 6.92 Å². The number of rotatable bonds is 5. The molecular formula is C26H29FN4O2. The van der Waals surface area contributed by atoms with Crippen LogP contribution in [0, 0.1) is 5.82 Å². The number of hydrogen-bond acceptors (Lipinski definition) is 5. The van der Waals surface area contributed by atoms with Gasteiger partial charge in [0.05, 0.1) is 5.57 Å². The number of carbonyl (C=O) groups is 1. The second-order valence-electron chi connectivity index (χ2n) is 9.29. The summed E-state index contributed by atoms with van der Waals surface area (Å²) in [5.74, 6) is 0.610. The van der Waals surface area contributed by atoms with Crippen LogP contribution in [0.1, 0.15) is 44.7 Å². The van der Waals surface area contributed by atoms with Crippen molar-refractivity contribution < 1.29 is 13.9 Å². The first-order valence-electron chi connectivity index (χ1n) is 11.6. The van der Waals surface area contributed by atoms with Crippen LogP contribution in [0.3, 0.4) is 0 Å². The summed E-state index contributed by atoms with van der Waals surface area (Å²) in [7, 11) is 0. The summed E-state index contributed by atoms with van der Waals surface area (Å²) >= 11 is 0. The van der Waals surface area contributed by atoms with Crippen molar-refractivity contribution in [3.63, 3.8) is 0 Å². The molecule has 172 valence electrons. The van der Waals surface area contributed by atoms with E-state index in [-0.39, 0.29) is 5.91 Å². The van der Waals surface area contributed by atoms with E-state index in [2.05, 4.69) is 27.4 Å². The van der Waals surface area contributed by atoms with Gasteiger partial charge in [0.1, 0.15) is 23.0 Å². The van der Waals surface area contributed by atoms with Gasteiger partial charge in [0.25, 0.3) is 5.91 Å². The molecule has 1 unspecified atom stereocenters. The first kappa shape index (κ1) is 21.6. The maximum Gasteiger partial charge on any atom is 0.260 e. The van der Waals surface area contributed by atoms with Gasteiger partial charge < -0.3 is 15.4 Å². The monoisotopic (exact) mass is 448 g/mol. The zero-order valence-electron chi connectivity index (χ0n) is 19.2. The summed E-state index contributed by atoms with van der Waals surface area (Å²) in [5.41, 5.74) is 2.67. The molecule has 2 aromatic rings. The molecule has 3 aliphatic heterocycles. The Morgan fingerprint density at radius 3 is 2.91 bits per heavy atom. The number of amides is 1. The van der Waals surface area contributed by atoms with E-state index in [4.69, 9.17) is 4.74 Å². The van der Waals surface area contributed by atoms with E-state index in [1.807, 2.05) is 38.3 Å². The maximum atomic E-state index is 13.8. The molecule has 1 atom stereocenters. The molecule has 0 radical (unpaired) electrons. The molecule has 1 aromatic carbocycles. The van der Waals surface area contributed by atoms with Gasteiger partial charge in [-0.3, -0.25) is 9.69 Å². The molecule has 0 bridgehead atoms. The smallest absolute Gasteiger partial charge is 0.260 e. The topological polar surface area (TPSA) is 66.5 Å². The molecular weight excluding hydrogens is 419 g/mol. The number of anilines is 2. The summed E-state index contributed by atoms with van der Waals surface area (Å²) < 4.78 is 20.0. The minimum Gasteiger partial charge on any atom is -0.482 e. The van der Waals surface area contributed by atoms with E-state index < -0.39 is 11.4 Å². The summed E-state index contributed by atoms with van der Waals surface area (Å²) in [6.45, 7) is 9.26. The Bertz CT molecular complexity index is 1150. The Labute approximate surface area is 193 Å². The molecule has 0 spiro atoms. The third-order valence-corrected chi connectivity index (χ3v) is 6.76. The molecule has 0 aliphatic carbocycles. The second-order valence-corrected chi connectivity index (χ2v) is 9.29. The van der Waals surface area contributed by atoms with E-state index in [1.54, 1.807) is 6.07 Å². The quantitative estimate of drug-likeness (QED) is 0.651. The fourth-order valence-electron chi connectivity index (χ4n) is 5.03. The van der Waals surface area contributed by atoms with Crippen LogP contribution in [0.15, 0.2) is 48.4 Å². The molecule has 1 fully saturated rings. The fourth-order valence-corrected chi connectivity index (χ4v) is 5.03. The number of pyridine rings is 1. The summed E-state index contributed by atoms with van der Waals surface area (Å²) in [6.07, 6.45) is 6.18. The number of fused-ring (bicyclic) bond motifs is 1. The fraction of sp³-hybridized carbons (Fsp3) is 0.385. The normalized spacial score (nSPS) is 23.8. The number of aromatic nitrogens is 1. The van der Waals surface area contributed by atoms with Crippen molar-refractivity contribution >= 4 is 28.6 Å². The van der Waals surface area contributed by atoms with Gasteiger partial charge in [0, 0.05) is 41.2 Å². The highest BCUT2D eigenvalue weighted by atomic mass is 19.1. The highest BCUT2D eigenvalue weighted by molar-refractivity contribution is 6.32. The molecule has 7 heteroatoms. The van der Waals surface area contributed by atoms with E-state index in [0.717, 1.165) is 30.0 Å². The number of halogens is 1. The molecule has 3 aliphatic rings. The number of hydrogen-bond donors (Lipinski definition) is 2. The number of nitrogens with one attached hydrogen (secondary N) is 2. The third kappa shape index (κ3) is 4.02. The minimum absolute atomic E-state index is 0.287. The highest BCUT2D eigenvalue weighted by Gasteiger charge is 2.38. The Hall–Kier alpha value is -3.19. The molecule has 6 nitrogen and oxygen atoms in total. The average Bonchev–Trinajstić information content (AvgIpc) is 3.46. The van der Waals surface area contributed by atoms with E-state index in [9.17, 15) is 9.18 Å². The molecule has 1 saturated heterocycles. The van der Waals surface area contributed by atoms with Gasteiger partial charge in [0.15, 0.2) is 0 Å². The molecule has 1 amide bonds. The van der Waals surface area contributed by atoms with Crippen LogP contribution in [0.25, 0.3) is 11.1 Å². The first-order valence-corrected chi connectivity index (χ1v) is 11.6. The standard InChI is InChI=1S/C26H29FN4O2/c1-4-31-11-5-6-18(31)15-29-23-10-7-16(14-28-23)20-13-22(33-26(20,2)3)24-19-12-17(27)8-9-21(19)30-25(24)32/h7-10,12-14,18H,4-6,11,15H2,1-3H3,(H,28,29)(H,30,32)/b24-22+. The number of allylic oxidation sites excluding steroid dienone is 1. The number of nitrogens with zero attached hydrogens (tertiary/aromatic N) is 2. The predicted molar refractivity (Wildman–Crippen MR) is 128 cm³/mol. The summed E-state index contributed by atoms with van der Waals surface area (Å²) in [5, 5.41) is 6.25. The van der Waals surface area contributed by atoms with Crippen molar-refractivity contribution in [3.8, 4) is 0 Å². The lowest BCUT2D eigenvalue weighted by atomic mass is 9.93. The predicted octanol–water partition coefficient (Wildman–Crippen LogP) is 4.67. The van der Waals surface area contributed by atoms with Gasteiger partial charge in [-0.15, -0.1) is 0 Å². The Morgan fingerprint density at radius 2 is 2.15 bits per heavy atom. The zero-order chi connectivity index (χ0) is 23.2. The van der Waals surface area contributed by atoms with Crippen molar-refractivity contribution in [1.29, 1.82) is 0 Å². The lowest BCUT2D eigenvalue weighted by molar-refractivity contribution is -0.111. The van der Waals surface area contributed by atoms with E-state index in [1.165, 1.54) is 31.5 Å². The zero-order valence-corrected chi connectivity index (χ0v) is 19.2. The SMILES string of the molecule is CCN1CCCC1CNc1ccc(C2=C/C(=C3\C(=O)Nc4ccc(F)cc43)OC2(C)C)cn1. The van der Waals surface area contributed by atoms with Gasteiger partial charge in [-0.2, -0.15) is 0 Å². The van der Waals surface area contributed by atoms with Crippen LogP contribution in [-0.2, 0) is 9.53 Å². The van der Waals surface area contributed by atoms with Gasteiger partial charge in [0.2, 0.25) is 0 Å². The van der Waals surface area contributed by atoms with Crippen LogP contribution in [0.4, 0.5) is 15.9 Å². The van der Waals surface area contributed by atoms with Crippen molar-refractivity contribution in [2.24, 2.45) is 0 Å².